The van der Waals surface area contributed by atoms with Crippen LogP contribution in [0.5, 0.6) is 5.75 Å². The molecule has 0 saturated carbocycles. The van der Waals surface area contributed by atoms with Crippen molar-refractivity contribution in [2.75, 3.05) is 6.61 Å². The highest BCUT2D eigenvalue weighted by molar-refractivity contribution is 5.84. The molecule has 4 nitrogen and oxygen atoms in total. The van der Waals surface area contributed by atoms with E-state index in [1.165, 1.54) is 0 Å². The number of rotatable bonds is 4. The Morgan fingerprint density at radius 2 is 2.11 bits per heavy atom. The molecule has 96 valence electrons. The number of hydrogen-bond donors (Lipinski definition) is 2. The zero-order chi connectivity index (χ0) is 13.1. The highest BCUT2D eigenvalue weighted by atomic mass is 16.5. The zero-order valence-electron chi connectivity index (χ0n) is 10.6. The van der Waals surface area contributed by atoms with E-state index >= 15 is 0 Å². The smallest absolute Gasteiger partial charge is 0.146 e. The number of aliphatic hydroxyl groups excluding tert-OH is 1. The lowest BCUT2D eigenvalue weighted by atomic mass is 10.1. The SMILES string of the molecule is Cc1ccc2cccc(OC(CO)C(C)N)c2n1. The van der Waals surface area contributed by atoms with Gasteiger partial charge in [0.1, 0.15) is 17.4 Å². The largest absolute Gasteiger partial charge is 0.484 e. The quantitative estimate of drug-likeness (QED) is 0.860. The van der Waals surface area contributed by atoms with Gasteiger partial charge in [-0.2, -0.15) is 0 Å². The molecule has 0 amide bonds. The molecule has 0 radical (unpaired) electrons. The maximum atomic E-state index is 9.26. The van der Waals surface area contributed by atoms with Gasteiger partial charge in [0, 0.05) is 17.1 Å². The van der Waals surface area contributed by atoms with Crippen LogP contribution in [0.3, 0.4) is 0 Å². The predicted molar refractivity (Wildman–Crippen MR) is 71.6 cm³/mol. The van der Waals surface area contributed by atoms with Gasteiger partial charge in [-0.1, -0.05) is 18.2 Å². The van der Waals surface area contributed by atoms with Crippen LogP contribution < -0.4 is 10.5 Å². The van der Waals surface area contributed by atoms with Gasteiger partial charge in [-0.3, -0.25) is 0 Å². The summed E-state index contributed by atoms with van der Waals surface area (Å²) in [6.45, 7) is 3.63. The number of nitrogens with zero attached hydrogens (tertiary/aromatic N) is 1. The molecule has 0 aliphatic carbocycles. The van der Waals surface area contributed by atoms with Gasteiger partial charge in [0.05, 0.1) is 6.61 Å². The van der Waals surface area contributed by atoms with Gasteiger partial charge in [0.25, 0.3) is 0 Å². The summed E-state index contributed by atoms with van der Waals surface area (Å²) in [4.78, 5) is 4.47. The van der Waals surface area contributed by atoms with Crippen molar-refractivity contribution in [3.05, 3.63) is 36.0 Å². The van der Waals surface area contributed by atoms with Crippen LogP contribution >= 0.6 is 0 Å². The number of para-hydroxylation sites is 1. The Morgan fingerprint density at radius 3 is 2.78 bits per heavy atom. The second-order valence-corrected chi connectivity index (χ2v) is 4.48. The van der Waals surface area contributed by atoms with Crippen molar-refractivity contribution in [3.63, 3.8) is 0 Å². The fourth-order valence-corrected chi connectivity index (χ4v) is 1.79. The van der Waals surface area contributed by atoms with E-state index in [1.807, 2.05) is 44.2 Å². The minimum atomic E-state index is -0.419. The van der Waals surface area contributed by atoms with Gasteiger partial charge >= 0.3 is 0 Å². The molecule has 1 heterocycles. The van der Waals surface area contributed by atoms with Crippen LogP contribution in [0.25, 0.3) is 10.9 Å². The van der Waals surface area contributed by atoms with Crippen LogP contribution in [0.2, 0.25) is 0 Å². The first kappa shape index (κ1) is 12.8. The summed E-state index contributed by atoms with van der Waals surface area (Å²) in [6, 6.07) is 9.46. The summed E-state index contributed by atoms with van der Waals surface area (Å²) >= 11 is 0. The van der Waals surface area contributed by atoms with Crippen LogP contribution in [0.1, 0.15) is 12.6 Å². The number of aryl methyl sites for hydroxylation is 1. The third-order valence-electron chi connectivity index (χ3n) is 2.87. The van der Waals surface area contributed by atoms with Crippen LogP contribution in [-0.4, -0.2) is 28.8 Å². The van der Waals surface area contributed by atoms with Gasteiger partial charge in [-0.05, 0) is 26.0 Å². The third kappa shape index (κ3) is 2.60. The van der Waals surface area contributed by atoms with E-state index in [4.69, 9.17) is 10.5 Å². The molecule has 0 saturated heterocycles. The standard InChI is InChI=1S/C14H18N2O2/c1-9-6-7-11-4-3-5-12(14(11)16-9)18-13(8-17)10(2)15/h3-7,10,13,17H,8,15H2,1-2H3. The molecule has 1 aromatic carbocycles. The average molecular weight is 246 g/mol. The van der Waals surface area contributed by atoms with Crippen molar-refractivity contribution in [1.29, 1.82) is 0 Å². The minimum absolute atomic E-state index is 0.111. The lowest BCUT2D eigenvalue weighted by Gasteiger charge is -2.20. The van der Waals surface area contributed by atoms with Gasteiger partial charge in [-0.25, -0.2) is 4.98 Å². The number of ether oxygens (including phenoxy) is 1. The number of hydrogen-bond acceptors (Lipinski definition) is 4. The van der Waals surface area contributed by atoms with E-state index in [9.17, 15) is 5.11 Å². The Hall–Kier alpha value is -1.65. The summed E-state index contributed by atoms with van der Waals surface area (Å²) in [6.07, 6.45) is -0.419. The maximum absolute atomic E-state index is 9.26. The second kappa shape index (κ2) is 5.33. The molecule has 0 aliphatic heterocycles. The van der Waals surface area contributed by atoms with E-state index in [2.05, 4.69) is 4.98 Å². The van der Waals surface area contributed by atoms with Gasteiger partial charge in [0.15, 0.2) is 0 Å². The van der Waals surface area contributed by atoms with E-state index in [0.717, 1.165) is 16.6 Å². The summed E-state index contributed by atoms with van der Waals surface area (Å²) in [5.74, 6) is 0.660. The van der Waals surface area contributed by atoms with Crippen LogP contribution in [0.15, 0.2) is 30.3 Å². The molecule has 1 aromatic heterocycles. The van der Waals surface area contributed by atoms with E-state index in [1.54, 1.807) is 0 Å². The summed E-state index contributed by atoms with van der Waals surface area (Å²) in [7, 11) is 0. The van der Waals surface area contributed by atoms with Crippen molar-refractivity contribution in [2.24, 2.45) is 5.73 Å². The average Bonchev–Trinajstić information content (AvgIpc) is 2.35. The number of benzene rings is 1. The molecule has 18 heavy (non-hydrogen) atoms. The number of aromatic nitrogens is 1. The second-order valence-electron chi connectivity index (χ2n) is 4.48. The maximum Gasteiger partial charge on any atom is 0.146 e. The first-order valence-electron chi connectivity index (χ1n) is 6.01. The van der Waals surface area contributed by atoms with Crippen molar-refractivity contribution in [2.45, 2.75) is 26.0 Å². The Kier molecular flexibility index (Phi) is 3.79. The van der Waals surface area contributed by atoms with Crippen LogP contribution in [0, 0.1) is 6.92 Å². The third-order valence-corrected chi connectivity index (χ3v) is 2.87. The molecule has 3 N–H and O–H groups in total. The summed E-state index contributed by atoms with van der Waals surface area (Å²) in [5, 5.41) is 10.3. The van der Waals surface area contributed by atoms with Crippen molar-refractivity contribution in [3.8, 4) is 5.75 Å². The fraction of sp³-hybridized carbons (Fsp3) is 0.357. The van der Waals surface area contributed by atoms with Crippen molar-refractivity contribution < 1.29 is 9.84 Å². The molecular weight excluding hydrogens is 228 g/mol. The number of nitrogens with two attached hydrogens (primary N) is 1. The topological polar surface area (TPSA) is 68.4 Å². The van der Waals surface area contributed by atoms with Crippen LogP contribution in [0.4, 0.5) is 0 Å². The van der Waals surface area contributed by atoms with Crippen molar-refractivity contribution in [1.82, 2.24) is 4.98 Å². The van der Waals surface area contributed by atoms with Crippen molar-refractivity contribution >= 4 is 10.9 Å². The lowest BCUT2D eigenvalue weighted by Crippen LogP contribution is -2.39. The summed E-state index contributed by atoms with van der Waals surface area (Å²) < 4.78 is 5.76. The molecule has 2 atom stereocenters. The number of aliphatic hydroxyl groups is 1. The molecule has 0 aliphatic rings. The normalized spacial score (nSPS) is 14.4. The molecule has 0 bridgehead atoms. The zero-order valence-corrected chi connectivity index (χ0v) is 10.6. The highest BCUT2D eigenvalue weighted by Crippen LogP contribution is 2.25. The Labute approximate surface area is 106 Å². The highest BCUT2D eigenvalue weighted by Gasteiger charge is 2.16. The monoisotopic (exact) mass is 246 g/mol. The van der Waals surface area contributed by atoms with Crippen LogP contribution in [-0.2, 0) is 0 Å². The van der Waals surface area contributed by atoms with E-state index in [-0.39, 0.29) is 12.6 Å². The molecule has 0 fully saturated rings. The van der Waals surface area contributed by atoms with E-state index < -0.39 is 6.10 Å². The molecule has 4 heteroatoms. The molecule has 2 unspecified atom stereocenters. The molecule has 2 rings (SSSR count). The van der Waals surface area contributed by atoms with E-state index in [0.29, 0.717) is 5.75 Å². The number of pyridine rings is 1. The number of fused-ring (bicyclic) bond motifs is 1. The Morgan fingerprint density at radius 1 is 1.33 bits per heavy atom. The minimum Gasteiger partial charge on any atom is -0.484 e. The molecule has 0 spiro atoms. The predicted octanol–water partition coefficient (Wildman–Crippen LogP) is 1.63. The molecular formula is C14H18N2O2. The first-order chi connectivity index (χ1) is 8.61. The first-order valence-corrected chi connectivity index (χ1v) is 6.01. The fourth-order valence-electron chi connectivity index (χ4n) is 1.79. The Balaban J connectivity index is 2.41. The summed E-state index contributed by atoms with van der Waals surface area (Å²) in [5.41, 5.74) is 7.50. The lowest BCUT2D eigenvalue weighted by molar-refractivity contribution is 0.100. The Bertz CT molecular complexity index is 540. The van der Waals surface area contributed by atoms with Gasteiger partial charge in [-0.15, -0.1) is 0 Å². The van der Waals surface area contributed by atoms with Gasteiger partial charge < -0.3 is 15.6 Å². The van der Waals surface area contributed by atoms with Gasteiger partial charge in [0.2, 0.25) is 0 Å². The molecule has 2 aromatic rings.